The minimum absolute atomic E-state index is 0.131. The second-order valence-electron chi connectivity index (χ2n) is 10.1. The van der Waals surface area contributed by atoms with E-state index in [4.69, 9.17) is 14.2 Å². The Morgan fingerprint density at radius 3 is 2.63 bits per heavy atom. The highest BCUT2D eigenvalue weighted by Gasteiger charge is 2.41. The topological polar surface area (TPSA) is 52.9 Å². The average Bonchev–Trinajstić information content (AvgIpc) is 3.14. The zero-order valence-electron chi connectivity index (χ0n) is 21.4. The molecule has 1 aromatic carbocycles. The van der Waals surface area contributed by atoms with Crippen LogP contribution in [-0.2, 0) is 16.0 Å². The van der Waals surface area contributed by atoms with E-state index in [0.29, 0.717) is 24.9 Å². The smallest absolute Gasteiger partial charge is 0.255 e. The fourth-order valence-corrected chi connectivity index (χ4v) is 5.61. The number of likely N-dealkylation sites (tertiary alicyclic amines) is 1. The Morgan fingerprint density at radius 1 is 1.17 bits per heavy atom. The van der Waals surface area contributed by atoms with Gasteiger partial charge >= 0.3 is 0 Å². The molecule has 2 aliphatic heterocycles. The summed E-state index contributed by atoms with van der Waals surface area (Å²) >= 11 is 0. The minimum Gasteiger partial charge on any atom is -0.494 e. The van der Waals surface area contributed by atoms with Crippen molar-refractivity contribution in [2.24, 2.45) is 5.92 Å². The fourth-order valence-electron chi connectivity index (χ4n) is 5.61. The summed E-state index contributed by atoms with van der Waals surface area (Å²) in [6.07, 6.45) is 5.68. The van der Waals surface area contributed by atoms with Gasteiger partial charge in [-0.25, -0.2) is 4.39 Å². The second kappa shape index (κ2) is 11.6. The van der Waals surface area contributed by atoms with Gasteiger partial charge in [0.25, 0.3) is 5.91 Å². The molecule has 2 aromatic rings. The van der Waals surface area contributed by atoms with Crippen LogP contribution in [0.4, 0.5) is 4.39 Å². The molecule has 1 atom stereocenters. The van der Waals surface area contributed by atoms with E-state index >= 15 is 0 Å². The molecule has 1 spiro atoms. The van der Waals surface area contributed by atoms with Crippen molar-refractivity contribution < 1.29 is 23.4 Å². The summed E-state index contributed by atoms with van der Waals surface area (Å²) in [5, 5.41) is 0. The predicted molar refractivity (Wildman–Crippen MR) is 133 cm³/mol. The first-order valence-electron chi connectivity index (χ1n) is 12.9. The molecule has 35 heavy (non-hydrogen) atoms. The van der Waals surface area contributed by atoms with E-state index in [1.54, 1.807) is 19.2 Å². The summed E-state index contributed by atoms with van der Waals surface area (Å²) < 4.78 is 32.6. The highest BCUT2D eigenvalue weighted by molar-refractivity contribution is 5.95. The van der Waals surface area contributed by atoms with Crippen LogP contribution in [0.2, 0.25) is 0 Å². The monoisotopic (exact) mass is 486 g/mol. The van der Waals surface area contributed by atoms with Gasteiger partial charge in [-0.15, -0.1) is 0 Å². The maximum absolute atomic E-state index is 13.4. The molecule has 0 saturated carbocycles. The van der Waals surface area contributed by atoms with Crippen LogP contribution in [-0.4, -0.2) is 61.0 Å². The van der Waals surface area contributed by atoms with Crippen LogP contribution in [0.5, 0.6) is 5.75 Å². The molecule has 0 bridgehead atoms. The van der Waals surface area contributed by atoms with Gasteiger partial charge in [0, 0.05) is 51.3 Å². The second-order valence-corrected chi connectivity index (χ2v) is 10.1. The Labute approximate surface area is 208 Å². The van der Waals surface area contributed by atoms with E-state index in [-0.39, 0.29) is 17.3 Å². The third kappa shape index (κ3) is 6.25. The summed E-state index contributed by atoms with van der Waals surface area (Å²) in [5.74, 6) is 1.13. The number of amides is 1. The molecule has 2 aliphatic rings. The van der Waals surface area contributed by atoms with Crippen LogP contribution in [0, 0.1) is 25.6 Å². The van der Waals surface area contributed by atoms with Crippen molar-refractivity contribution in [3.05, 3.63) is 53.1 Å². The van der Waals surface area contributed by atoms with Crippen molar-refractivity contribution in [3.8, 4) is 5.75 Å². The Hall–Kier alpha value is -2.38. The Bertz CT molecular complexity index is 980. The molecule has 4 rings (SSSR count). The van der Waals surface area contributed by atoms with Gasteiger partial charge in [0.1, 0.15) is 11.6 Å². The van der Waals surface area contributed by atoms with Crippen molar-refractivity contribution in [1.82, 2.24) is 9.47 Å². The molecule has 1 amide bonds. The number of piperidine rings is 1. The highest BCUT2D eigenvalue weighted by Crippen LogP contribution is 2.39. The number of rotatable bonds is 9. The lowest BCUT2D eigenvalue weighted by Crippen LogP contribution is -2.51. The number of benzene rings is 1. The normalized spacial score (nSPS) is 19.8. The molecular weight excluding hydrogens is 447 g/mol. The predicted octanol–water partition coefficient (Wildman–Crippen LogP) is 5.15. The Balaban J connectivity index is 1.28. The quantitative estimate of drug-likeness (QED) is 0.460. The molecule has 192 valence electrons. The molecule has 0 radical (unpaired) electrons. The van der Waals surface area contributed by atoms with Gasteiger partial charge in [-0.2, -0.15) is 0 Å². The van der Waals surface area contributed by atoms with Crippen molar-refractivity contribution in [2.75, 3.05) is 40.0 Å². The zero-order valence-corrected chi connectivity index (χ0v) is 21.4. The number of carbonyl (C=O) groups excluding carboxylic acids is 1. The van der Waals surface area contributed by atoms with Crippen molar-refractivity contribution in [2.45, 2.75) is 64.5 Å². The SMILES string of the molecule is COCCCn1c(C)cc(C(=O)N2CCC3(CC2)CC(CCOc2ccc(F)cc2)CCO3)c1C. The third-order valence-electron chi connectivity index (χ3n) is 7.70. The van der Waals surface area contributed by atoms with Crippen LogP contribution in [0.3, 0.4) is 0 Å². The molecule has 3 heterocycles. The lowest BCUT2D eigenvalue weighted by atomic mass is 9.78. The number of aryl methyl sites for hydroxylation is 1. The number of carbonyl (C=O) groups is 1. The van der Waals surface area contributed by atoms with Gasteiger partial charge in [0.15, 0.2) is 0 Å². The van der Waals surface area contributed by atoms with Gasteiger partial charge in [-0.1, -0.05) is 0 Å². The molecule has 0 N–H and O–H groups in total. The third-order valence-corrected chi connectivity index (χ3v) is 7.70. The van der Waals surface area contributed by atoms with Crippen LogP contribution in [0.15, 0.2) is 30.3 Å². The van der Waals surface area contributed by atoms with Gasteiger partial charge in [-0.05, 0) is 88.6 Å². The van der Waals surface area contributed by atoms with E-state index < -0.39 is 0 Å². The zero-order chi connectivity index (χ0) is 24.8. The summed E-state index contributed by atoms with van der Waals surface area (Å²) in [6, 6.07) is 8.22. The van der Waals surface area contributed by atoms with Crippen LogP contribution < -0.4 is 4.74 Å². The molecular formula is C28H39FN2O4. The lowest BCUT2D eigenvalue weighted by molar-refractivity contribution is -0.125. The molecule has 0 aliphatic carbocycles. The Morgan fingerprint density at radius 2 is 1.91 bits per heavy atom. The lowest BCUT2D eigenvalue weighted by Gasteiger charge is -2.46. The number of hydrogen-bond acceptors (Lipinski definition) is 4. The van der Waals surface area contributed by atoms with Crippen LogP contribution in [0.25, 0.3) is 0 Å². The highest BCUT2D eigenvalue weighted by atomic mass is 19.1. The molecule has 7 heteroatoms. The van der Waals surface area contributed by atoms with Gasteiger partial charge in [0.2, 0.25) is 0 Å². The van der Waals surface area contributed by atoms with Gasteiger partial charge in [-0.3, -0.25) is 4.79 Å². The molecule has 1 aromatic heterocycles. The molecule has 2 fully saturated rings. The number of hydrogen-bond donors (Lipinski definition) is 0. The molecule has 2 saturated heterocycles. The number of methoxy groups -OCH3 is 1. The first kappa shape index (κ1) is 25.7. The number of aromatic nitrogens is 1. The van der Waals surface area contributed by atoms with Crippen molar-refractivity contribution in [3.63, 3.8) is 0 Å². The summed E-state index contributed by atoms with van der Waals surface area (Å²) in [5.41, 5.74) is 2.85. The number of nitrogens with zero attached hydrogens (tertiary/aromatic N) is 2. The minimum atomic E-state index is -0.251. The maximum Gasteiger partial charge on any atom is 0.255 e. The Kier molecular flexibility index (Phi) is 8.50. The summed E-state index contributed by atoms with van der Waals surface area (Å²) in [6.45, 7) is 8.53. The summed E-state index contributed by atoms with van der Waals surface area (Å²) in [4.78, 5) is 15.4. The average molecular weight is 487 g/mol. The fraction of sp³-hybridized carbons (Fsp3) is 0.607. The van der Waals surface area contributed by atoms with Gasteiger partial charge in [0.05, 0.1) is 17.8 Å². The first-order chi connectivity index (χ1) is 16.9. The summed E-state index contributed by atoms with van der Waals surface area (Å²) in [7, 11) is 1.72. The van der Waals surface area contributed by atoms with E-state index in [9.17, 15) is 9.18 Å². The van der Waals surface area contributed by atoms with E-state index in [1.807, 2.05) is 17.9 Å². The van der Waals surface area contributed by atoms with E-state index in [0.717, 1.165) is 81.7 Å². The first-order valence-corrected chi connectivity index (χ1v) is 12.9. The number of ether oxygens (including phenoxy) is 3. The van der Waals surface area contributed by atoms with Crippen molar-refractivity contribution in [1.29, 1.82) is 0 Å². The van der Waals surface area contributed by atoms with Crippen LogP contribution >= 0.6 is 0 Å². The standard InChI is InChI=1S/C28H39FN2O4/c1-21-19-26(22(2)31(21)13-4-16-33-3)27(32)30-14-11-28(12-15-30)20-23(10-18-35-28)9-17-34-25-7-5-24(29)6-8-25/h5-8,19,23H,4,9-18,20H2,1-3H3. The molecule has 6 nitrogen and oxygen atoms in total. The van der Waals surface area contributed by atoms with Crippen LogP contribution in [0.1, 0.15) is 60.3 Å². The van der Waals surface area contributed by atoms with E-state index in [1.165, 1.54) is 12.1 Å². The largest absolute Gasteiger partial charge is 0.494 e. The number of halogens is 1. The maximum atomic E-state index is 13.4. The molecule has 1 unspecified atom stereocenters. The van der Waals surface area contributed by atoms with Gasteiger partial charge < -0.3 is 23.7 Å². The van der Waals surface area contributed by atoms with Crippen molar-refractivity contribution >= 4 is 5.91 Å². The van der Waals surface area contributed by atoms with E-state index in [2.05, 4.69) is 11.5 Å².